The number of carbonyl (C=O) groups excluding carboxylic acids is 3. The molecule has 0 saturated carbocycles. The monoisotopic (exact) mass is 553 g/mol. The zero-order valence-electron chi connectivity index (χ0n) is 16.9. The predicted octanol–water partition coefficient (Wildman–Crippen LogP) is 4.02. The Hall–Kier alpha value is -2.57. The lowest BCUT2D eigenvalue weighted by Crippen LogP contribution is -2.63. The van der Waals surface area contributed by atoms with Crippen LogP contribution in [0.5, 0.6) is 0 Å². The van der Waals surface area contributed by atoms with Gasteiger partial charge in [-0.15, -0.1) is 0 Å². The molecule has 0 rings (SSSR count). The Morgan fingerprint density at radius 1 is 0.743 bits per heavy atom. The van der Waals surface area contributed by atoms with E-state index in [0.29, 0.717) is 5.32 Å². The van der Waals surface area contributed by atoms with Gasteiger partial charge in [-0.2, -0.15) is 61.5 Å². The topological polar surface area (TPSA) is 81.7 Å². The van der Waals surface area contributed by atoms with Gasteiger partial charge in [0, 0.05) is 0 Å². The fourth-order valence-corrected chi connectivity index (χ4v) is 1.83. The molecule has 6 nitrogen and oxygen atoms in total. The molecule has 0 bridgehead atoms. The number of ether oxygens (including phenoxy) is 2. The normalized spacial score (nSPS) is 15.8. The van der Waals surface area contributed by atoms with Crippen molar-refractivity contribution in [3.05, 3.63) is 0 Å². The smallest absolute Gasteiger partial charge is 0.460 e. The van der Waals surface area contributed by atoms with Crippen LogP contribution < -0.4 is 5.32 Å². The van der Waals surface area contributed by atoms with Crippen LogP contribution in [0.15, 0.2) is 0 Å². The maximum absolute atomic E-state index is 13.5. The molecule has 206 valence electrons. The first kappa shape index (κ1) is 32.4. The lowest BCUT2D eigenvalue weighted by molar-refractivity contribution is -0.349. The molecule has 0 aromatic carbocycles. The van der Waals surface area contributed by atoms with Crippen molar-refractivity contribution in [3.8, 4) is 0 Å². The van der Waals surface area contributed by atoms with E-state index in [4.69, 9.17) is 0 Å². The van der Waals surface area contributed by atoms with Crippen LogP contribution in [0.3, 0.4) is 0 Å². The Morgan fingerprint density at radius 3 is 1.51 bits per heavy atom. The van der Waals surface area contributed by atoms with Crippen molar-refractivity contribution in [2.75, 3.05) is 6.61 Å². The number of rotatable bonds is 10. The highest BCUT2D eigenvalue weighted by Crippen LogP contribution is 2.48. The van der Waals surface area contributed by atoms with Crippen molar-refractivity contribution >= 4 is 17.8 Å². The van der Waals surface area contributed by atoms with Crippen molar-refractivity contribution in [1.82, 2.24) is 5.32 Å². The zero-order chi connectivity index (χ0) is 28.4. The van der Waals surface area contributed by atoms with E-state index in [1.165, 1.54) is 6.92 Å². The van der Waals surface area contributed by atoms with Crippen molar-refractivity contribution in [3.63, 3.8) is 0 Å². The number of carbonyl (C=O) groups is 3. The number of hydrogen-bond acceptors (Lipinski definition) is 5. The molecule has 0 saturated heterocycles. The molecule has 0 heterocycles. The summed E-state index contributed by atoms with van der Waals surface area (Å²) in [5.74, 6) is -37.0. The summed E-state index contributed by atoms with van der Waals surface area (Å²) in [6.07, 6.45) is -17.1. The van der Waals surface area contributed by atoms with Crippen LogP contribution in [0.25, 0.3) is 0 Å². The Labute approximate surface area is 184 Å². The number of alkyl halides is 14. The van der Waals surface area contributed by atoms with E-state index < -0.39 is 72.6 Å². The van der Waals surface area contributed by atoms with Crippen LogP contribution in [-0.4, -0.2) is 72.6 Å². The molecule has 20 heteroatoms. The molecule has 1 N–H and O–H groups in total. The van der Waals surface area contributed by atoms with Gasteiger partial charge in [0.2, 0.25) is 0 Å². The van der Waals surface area contributed by atoms with Crippen LogP contribution in [0, 0.1) is 0 Å². The van der Waals surface area contributed by atoms with Gasteiger partial charge in [0.25, 0.3) is 5.91 Å². The molecule has 0 aliphatic heterocycles. The number of halogens is 14. The molecule has 2 unspecified atom stereocenters. The molecule has 0 aromatic heterocycles. The van der Waals surface area contributed by atoms with Gasteiger partial charge in [0.1, 0.15) is 6.10 Å². The summed E-state index contributed by atoms with van der Waals surface area (Å²) < 4.78 is 186. The molecule has 2 atom stereocenters. The van der Waals surface area contributed by atoms with Crippen molar-refractivity contribution in [2.24, 2.45) is 0 Å². The standard InChI is InChI=1S/C15H13F14NO5/c1-3-4-34-7(31)6(30-8(32)10(16,17)12(20,21)14(24,25)26)5(2)35-9(33)11(18,19)13(22,23)15(27,28)29/h5-6H,3-4H2,1-2H3,(H,30,32). The zero-order valence-corrected chi connectivity index (χ0v) is 16.9. The molecule has 0 radical (unpaired) electrons. The van der Waals surface area contributed by atoms with Gasteiger partial charge in [-0.05, 0) is 13.3 Å². The first-order valence-corrected chi connectivity index (χ1v) is 8.64. The first-order valence-electron chi connectivity index (χ1n) is 8.64. The fraction of sp³-hybridized carbons (Fsp3) is 0.800. The van der Waals surface area contributed by atoms with Crippen LogP contribution in [0.2, 0.25) is 0 Å². The second kappa shape index (κ2) is 10.2. The van der Waals surface area contributed by atoms with E-state index in [1.807, 2.05) is 0 Å². The number of esters is 2. The summed E-state index contributed by atoms with van der Waals surface area (Å²) in [6.45, 7) is 0.684. The molecular formula is C15H13F14NO5. The van der Waals surface area contributed by atoms with E-state index in [2.05, 4.69) is 9.47 Å². The van der Waals surface area contributed by atoms with E-state index in [1.54, 1.807) is 0 Å². The van der Waals surface area contributed by atoms with Crippen LogP contribution in [0.1, 0.15) is 20.3 Å². The second-order valence-electron chi connectivity index (χ2n) is 6.52. The Balaban J connectivity index is 6.09. The van der Waals surface area contributed by atoms with Crippen molar-refractivity contribution < 1.29 is 85.3 Å². The van der Waals surface area contributed by atoms with Crippen LogP contribution in [-0.2, 0) is 23.9 Å². The third-order valence-electron chi connectivity index (χ3n) is 3.79. The fourth-order valence-electron chi connectivity index (χ4n) is 1.83. The number of nitrogens with one attached hydrogen (secondary N) is 1. The minimum atomic E-state index is -7.08. The first-order chi connectivity index (χ1) is 15.3. The Kier molecular flexibility index (Phi) is 9.45. The maximum atomic E-state index is 13.5. The summed E-state index contributed by atoms with van der Waals surface area (Å²) >= 11 is 0. The van der Waals surface area contributed by atoms with Gasteiger partial charge in [-0.3, -0.25) is 4.79 Å². The van der Waals surface area contributed by atoms with Gasteiger partial charge in [0.05, 0.1) is 6.61 Å². The minimum absolute atomic E-state index is 0.112. The van der Waals surface area contributed by atoms with Gasteiger partial charge in [0.15, 0.2) is 6.04 Å². The maximum Gasteiger partial charge on any atom is 0.460 e. The van der Waals surface area contributed by atoms with E-state index >= 15 is 0 Å². The lowest BCUT2D eigenvalue weighted by atomic mass is 10.1. The van der Waals surface area contributed by atoms with E-state index in [0.717, 1.165) is 0 Å². The van der Waals surface area contributed by atoms with E-state index in [-0.39, 0.29) is 13.3 Å². The molecule has 1 amide bonds. The summed E-state index contributed by atoms with van der Waals surface area (Å²) in [4.78, 5) is 34.5. The highest BCUT2D eigenvalue weighted by molar-refractivity contribution is 5.90. The molecule has 0 fully saturated rings. The molecule has 0 aromatic rings. The summed E-state index contributed by atoms with van der Waals surface area (Å²) in [5, 5.41) is 0.494. The largest absolute Gasteiger partial charge is 0.464 e. The van der Waals surface area contributed by atoms with Gasteiger partial charge in [-0.1, -0.05) is 6.92 Å². The van der Waals surface area contributed by atoms with Crippen molar-refractivity contribution in [2.45, 2.75) is 68.5 Å². The lowest BCUT2D eigenvalue weighted by Gasteiger charge is -2.31. The molecule has 0 aliphatic carbocycles. The summed E-state index contributed by atoms with van der Waals surface area (Å²) in [6, 6.07) is -3.15. The molecule has 0 aliphatic rings. The highest BCUT2D eigenvalue weighted by atomic mass is 19.4. The van der Waals surface area contributed by atoms with Gasteiger partial charge in [-0.25, -0.2) is 9.59 Å². The molecule has 35 heavy (non-hydrogen) atoms. The predicted molar refractivity (Wildman–Crippen MR) is 80.6 cm³/mol. The van der Waals surface area contributed by atoms with Crippen molar-refractivity contribution in [1.29, 1.82) is 0 Å². The molecule has 0 spiro atoms. The Morgan fingerprint density at radius 2 is 1.14 bits per heavy atom. The number of amides is 1. The number of hydrogen-bond donors (Lipinski definition) is 1. The summed E-state index contributed by atoms with van der Waals surface area (Å²) in [5.41, 5.74) is 0. The van der Waals surface area contributed by atoms with E-state index in [9.17, 15) is 75.8 Å². The molecular weight excluding hydrogens is 540 g/mol. The summed E-state index contributed by atoms with van der Waals surface area (Å²) in [7, 11) is 0. The second-order valence-corrected chi connectivity index (χ2v) is 6.52. The third kappa shape index (κ3) is 6.36. The van der Waals surface area contributed by atoms with Crippen LogP contribution in [0.4, 0.5) is 61.5 Å². The van der Waals surface area contributed by atoms with Gasteiger partial charge < -0.3 is 14.8 Å². The highest BCUT2D eigenvalue weighted by Gasteiger charge is 2.78. The quantitative estimate of drug-likeness (QED) is 0.327. The Bertz CT molecular complexity index is 792. The SMILES string of the molecule is CCCOC(=O)C(NC(=O)C(F)(F)C(F)(F)C(F)(F)F)C(C)OC(=O)C(F)(F)C(F)(F)C(F)(F)F. The third-order valence-corrected chi connectivity index (χ3v) is 3.79. The van der Waals surface area contributed by atoms with Crippen LogP contribution >= 0.6 is 0 Å². The minimum Gasteiger partial charge on any atom is -0.464 e. The average molecular weight is 553 g/mol. The average Bonchev–Trinajstić information content (AvgIpc) is 2.67. The van der Waals surface area contributed by atoms with Gasteiger partial charge >= 0.3 is 48.0 Å².